The lowest BCUT2D eigenvalue weighted by Gasteiger charge is -2.30. The number of nitrogens with zero attached hydrogens (tertiary/aromatic N) is 1. The highest BCUT2D eigenvalue weighted by molar-refractivity contribution is 9.09. The van der Waals surface area contributed by atoms with Gasteiger partial charge in [-0.1, -0.05) is 50.1 Å². The van der Waals surface area contributed by atoms with E-state index in [2.05, 4.69) is 36.8 Å². The lowest BCUT2D eigenvalue weighted by atomic mass is 9.81. The molecule has 0 radical (unpaired) electrons. The van der Waals surface area contributed by atoms with E-state index < -0.39 is 0 Å². The Balaban J connectivity index is 2.40. The molecule has 0 bridgehead atoms. The fourth-order valence-electron chi connectivity index (χ4n) is 1.89. The minimum Gasteiger partial charge on any atom is -0.250 e. The van der Waals surface area contributed by atoms with Crippen molar-refractivity contribution in [2.45, 2.75) is 11.8 Å². The van der Waals surface area contributed by atoms with Crippen molar-refractivity contribution in [3.05, 3.63) is 52.2 Å². The molecule has 0 saturated heterocycles. The molecule has 0 aliphatic heterocycles. The first-order valence-corrected chi connectivity index (χ1v) is 8.59. The Hall–Kier alpha value is -0.260. The zero-order chi connectivity index (χ0) is 13.0. The Labute approximate surface area is 127 Å². The van der Waals surface area contributed by atoms with E-state index in [9.17, 15) is 4.39 Å². The molecule has 1 aromatic heterocycles. The normalized spacial score (nSPS) is 11.7. The number of rotatable bonds is 5. The first-order chi connectivity index (χ1) is 8.72. The monoisotopic (exact) mass is 391 g/mol. The first kappa shape index (κ1) is 14.2. The highest BCUT2D eigenvalue weighted by Crippen LogP contribution is 2.34. The van der Waals surface area contributed by atoms with Gasteiger partial charge in [0.05, 0.1) is 5.01 Å². The predicted octanol–water partition coefficient (Wildman–Crippen LogP) is 4.55. The van der Waals surface area contributed by atoms with Gasteiger partial charge in [0, 0.05) is 34.1 Å². The van der Waals surface area contributed by atoms with E-state index in [0.717, 1.165) is 17.0 Å². The summed E-state index contributed by atoms with van der Waals surface area (Å²) in [5.41, 5.74) is 0.428. The van der Waals surface area contributed by atoms with Crippen molar-refractivity contribution in [2.24, 2.45) is 0 Å². The number of alkyl halides is 2. The van der Waals surface area contributed by atoms with Crippen LogP contribution in [0.3, 0.4) is 0 Å². The highest BCUT2D eigenvalue weighted by atomic mass is 79.9. The third kappa shape index (κ3) is 2.83. The second-order valence-electron chi connectivity index (χ2n) is 4.13. The molecule has 0 amide bonds. The largest absolute Gasteiger partial charge is 0.250 e. The molecule has 0 spiro atoms. The molecule has 1 heterocycles. The van der Waals surface area contributed by atoms with Crippen LogP contribution < -0.4 is 0 Å². The van der Waals surface area contributed by atoms with Crippen molar-refractivity contribution in [1.29, 1.82) is 0 Å². The quantitative estimate of drug-likeness (QED) is 0.680. The zero-order valence-electron chi connectivity index (χ0n) is 9.57. The van der Waals surface area contributed by atoms with Gasteiger partial charge in [-0.15, -0.1) is 11.3 Å². The van der Waals surface area contributed by atoms with Crippen LogP contribution in [-0.2, 0) is 11.8 Å². The summed E-state index contributed by atoms with van der Waals surface area (Å²) in [7, 11) is 0. The predicted molar refractivity (Wildman–Crippen MR) is 81.5 cm³/mol. The molecule has 0 aliphatic carbocycles. The lowest BCUT2D eigenvalue weighted by Crippen LogP contribution is -2.34. The molecule has 5 heteroatoms. The van der Waals surface area contributed by atoms with Crippen LogP contribution in [0.25, 0.3) is 0 Å². The van der Waals surface area contributed by atoms with Gasteiger partial charge in [0.25, 0.3) is 0 Å². The van der Waals surface area contributed by atoms with Crippen LogP contribution in [0.4, 0.5) is 4.39 Å². The summed E-state index contributed by atoms with van der Waals surface area (Å²) >= 11 is 8.67. The van der Waals surface area contributed by atoms with Crippen LogP contribution in [0.1, 0.15) is 10.6 Å². The molecule has 0 saturated carbocycles. The Morgan fingerprint density at radius 2 is 1.94 bits per heavy atom. The third-order valence-electron chi connectivity index (χ3n) is 2.93. The van der Waals surface area contributed by atoms with E-state index in [4.69, 9.17) is 0 Å². The summed E-state index contributed by atoms with van der Waals surface area (Å²) in [5.74, 6) is -0.159. The maximum absolute atomic E-state index is 14.0. The molecule has 2 aromatic rings. The number of halogens is 3. The van der Waals surface area contributed by atoms with Crippen molar-refractivity contribution < 1.29 is 4.39 Å². The Morgan fingerprint density at radius 1 is 1.22 bits per heavy atom. The van der Waals surface area contributed by atoms with E-state index in [-0.39, 0.29) is 11.2 Å². The van der Waals surface area contributed by atoms with Crippen LogP contribution in [-0.4, -0.2) is 15.6 Å². The Morgan fingerprint density at radius 3 is 2.50 bits per heavy atom. The summed E-state index contributed by atoms with van der Waals surface area (Å²) in [4.78, 5) is 4.31. The molecule has 0 N–H and O–H groups in total. The van der Waals surface area contributed by atoms with Crippen molar-refractivity contribution in [2.75, 3.05) is 10.7 Å². The molecule has 0 aliphatic rings. The number of aromatic nitrogens is 1. The summed E-state index contributed by atoms with van der Waals surface area (Å²) < 4.78 is 14.0. The van der Waals surface area contributed by atoms with E-state index in [0.29, 0.717) is 10.7 Å². The number of hydrogen-bond donors (Lipinski definition) is 0. The van der Waals surface area contributed by atoms with Gasteiger partial charge in [-0.05, 0) is 11.6 Å². The first-order valence-electron chi connectivity index (χ1n) is 5.47. The molecular formula is C13H12Br2FNS. The van der Waals surface area contributed by atoms with Crippen molar-refractivity contribution >= 4 is 43.2 Å². The molecule has 2 rings (SSSR count). The van der Waals surface area contributed by atoms with Crippen molar-refractivity contribution in [1.82, 2.24) is 4.98 Å². The fourth-order valence-corrected chi connectivity index (χ4v) is 4.58. The van der Waals surface area contributed by atoms with E-state index in [1.807, 2.05) is 17.5 Å². The SMILES string of the molecule is Fc1ccccc1C(CBr)(CBr)Cc1nccs1. The summed E-state index contributed by atoms with van der Waals surface area (Å²) in [5, 5.41) is 4.35. The van der Waals surface area contributed by atoms with Gasteiger partial charge in [0.1, 0.15) is 5.82 Å². The average molecular weight is 393 g/mol. The van der Waals surface area contributed by atoms with Gasteiger partial charge in [0.15, 0.2) is 0 Å². The van der Waals surface area contributed by atoms with Gasteiger partial charge >= 0.3 is 0 Å². The molecule has 1 nitrogen and oxygen atoms in total. The van der Waals surface area contributed by atoms with E-state index in [1.165, 1.54) is 6.07 Å². The highest BCUT2D eigenvalue weighted by Gasteiger charge is 2.33. The molecule has 0 atom stereocenters. The van der Waals surface area contributed by atoms with Crippen LogP contribution in [0.2, 0.25) is 0 Å². The molecular weight excluding hydrogens is 381 g/mol. The maximum Gasteiger partial charge on any atom is 0.127 e. The van der Waals surface area contributed by atoms with Gasteiger partial charge in [0.2, 0.25) is 0 Å². The second kappa shape index (κ2) is 6.26. The van der Waals surface area contributed by atoms with Crippen LogP contribution >= 0.6 is 43.2 Å². The Bertz CT molecular complexity index is 497. The summed E-state index contributed by atoms with van der Waals surface area (Å²) in [6.07, 6.45) is 2.51. The molecule has 0 unspecified atom stereocenters. The number of benzene rings is 1. The molecule has 0 fully saturated rings. The number of thiazole rings is 1. The van der Waals surface area contributed by atoms with Crippen molar-refractivity contribution in [3.63, 3.8) is 0 Å². The Kier molecular flexibility index (Phi) is 4.92. The summed E-state index contributed by atoms with van der Waals surface area (Å²) in [6.45, 7) is 0. The lowest BCUT2D eigenvalue weighted by molar-refractivity contribution is 0.500. The minimum absolute atomic E-state index is 0.159. The van der Waals surface area contributed by atoms with E-state index in [1.54, 1.807) is 23.6 Å². The second-order valence-corrected chi connectivity index (χ2v) is 6.23. The van der Waals surface area contributed by atoms with Crippen LogP contribution in [0.15, 0.2) is 35.8 Å². The fraction of sp³-hybridized carbons (Fsp3) is 0.308. The van der Waals surface area contributed by atoms with Gasteiger partial charge < -0.3 is 0 Å². The van der Waals surface area contributed by atoms with Gasteiger partial charge in [-0.25, -0.2) is 9.37 Å². The third-order valence-corrected chi connectivity index (χ3v) is 5.86. The average Bonchev–Trinajstić information content (AvgIpc) is 2.90. The standard InChI is InChI=1S/C13H12Br2FNS/c14-8-13(9-15,7-12-17-5-6-18-12)10-3-1-2-4-11(10)16/h1-6H,7-9H2. The van der Waals surface area contributed by atoms with Crippen LogP contribution in [0.5, 0.6) is 0 Å². The van der Waals surface area contributed by atoms with E-state index >= 15 is 0 Å². The van der Waals surface area contributed by atoms with Gasteiger partial charge in [-0.2, -0.15) is 0 Å². The van der Waals surface area contributed by atoms with Gasteiger partial charge in [-0.3, -0.25) is 0 Å². The van der Waals surface area contributed by atoms with Crippen molar-refractivity contribution in [3.8, 4) is 0 Å². The smallest absolute Gasteiger partial charge is 0.127 e. The minimum atomic E-state index is -0.302. The topological polar surface area (TPSA) is 12.9 Å². The maximum atomic E-state index is 14.0. The number of hydrogen-bond acceptors (Lipinski definition) is 2. The molecule has 1 aromatic carbocycles. The molecule has 96 valence electrons. The zero-order valence-corrected chi connectivity index (χ0v) is 13.6. The van der Waals surface area contributed by atoms with Crippen LogP contribution in [0, 0.1) is 5.82 Å². The summed E-state index contributed by atoms with van der Waals surface area (Å²) in [6, 6.07) is 6.96. The molecule has 18 heavy (non-hydrogen) atoms.